The van der Waals surface area contributed by atoms with E-state index in [0.717, 1.165) is 23.6 Å². The Labute approximate surface area is 193 Å². The van der Waals surface area contributed by atoms with Gasteiger partial charge in [-0.3, -0.25) is 9.59 Å². The third-order valence-corrected chi connectivity index (χ3v) is 6.30. The Hall–Kier alpha value is -3.44. The number of Topliss-reactive ketones (excluding diaryl/α,β-unsaturated/α-hetero) is 1. The maximum atomic E-state index is 13.2. The van der Waals surface area contributed by atoms with Crippen LogP contribution in [0.3, 0.4) is 0 Å². The fourth-order valence-corrected chi connectivity index (χ4v) is 4.80. The van der Waals surface area contributed by atoms with Gasteiger partial charge in [0, 0.05) is 18.9 Å². The Morgan fingerprint density at radius 3 is 2.48 bits per heavy atom. The van der Waals surface area contributed by atoms with Gasteiger partial charge >= 0.3 is 5.97 Å². The number of unbranched alkanes of at least 4 members (excludes halogenated alkanes) is 1. The third kappa shape index (κ3) is 4.55. The first-order valence-corrected chi connectivity index (χ1v) is 11.2. The molecule has 3 aromatic carbocycles. The molecule has 1 aliphatic rings. The summed E-state index contributed by atoms with van der Waals surface area (Å²) in [5.41, 5.74) is -0.117. The SMILES string of the molecule is CC(=O)OC1(c2ccc3ccccc3c2)C(=O)CC(O)C1/C(O)=C/CCCc1ccccc1. The number of hydrogen-bond donors (Lipinski definition) is 2. The van der Waals surface area contributed by atoms with E-state index in [4.69, 9.17) is 4.74 Å². The van der Waals surface area contributed by atoms with Gasteiger partial charge in [0.25, 0.3) is 0 Å². The fraction of sp³-hybridized carbons (Fsp3) is 0.286. The topological polar surface area (TPSA) is 83.8 Å². The molecule has 0 aromatic heterocycles. The number of fused-ring (bicyclic) bond motifs is 1. The molecule has 170 valence electrons. The summed E-state index contributed by atoms with van der Waals surface area (Å²) in [5, 5.41) is 23.6. The number of benzene rings is 3. The fourth-order valence-electron chi connectivity index (χ4n) is 4.80. The normalized spacial score (nSPS) is 23.1. The van der Waals surface area contributed by atoms with Gasteiger partial charge in [-0.1, -0.05) is 66.7 Å². The molecule has 4 rings (SSSR count). The summed E-state index contributed by atoms with van der Waals surface area (Å²) < 4.78 is 5.68. The van der Waals surface area contributed by atoms with Crippen molar-refractivity contribution in [2.75, 3.05) is 0 Å². The Morgan fingerprint density at radius 1 is 1.06 bits per heavy atom. The van der Waals surface area contributed by atoms with Crippen LogP contribution in [-0.4, -0.2) is 28.1 Å². The van der Waals surface area contributed by atoms with Gasteiger partial charge < -0.3 is 14.9 Å². The van der Waals surface area contributed by atoms with Crippen molar-refractivity contribution in [2.45, 2.75) is 44.3 Å². The van der Waals surface area contributed by atoms with Crippen molar-refractivity contribution in [3.8, 4) is 0 Å². The zero-order valence-electron chi connectivity index (χ0n) is 18.6. The van der Waals surface area contributed by atoms with E-state index in [1.807, 2.05) is 48.5 Å². The lowest BCUT2D eigenvalue weighted by Crippen LogP contribution is -2.44. The number of aryl methyl sites for hydroxylation is 1. The molecule has 0 bridgehead atoms. The molecule has 0 radical (unpaired) electrons. The first kappa shape index (κ1) is 22.7. The van der Waals surface area contributed by atoms with Crippen molar-refractivity contribution in [1.82, 2.24) is 0 Å². The Morgan fingerprint density at radius 2 is 1.76 bits per heavy atom. The predicted molar refractivity (Wildman–Crippen MR) is 127 cm³/mol. The summed E-state index contributed by atoms with van der Waals surface area (Å²) in [5.74, 6) is -2.26. The number of esters is 1. The maximum Gasteiger partial charge on any atom is 0.303 e. The second-order valence-electron chi connectivity index (χ2n) is 8.57. The quantitative estimate of drug-likeness (QED) is 0.304. The van der Waals surface area contributed by atoms with Gasteiger partial charge in [-0.2, -0.15) is 0 Å². The van der Waals surface area contributed by atoms with Crippen LogP contribution in [0.5, 0.6) is 0 Å². The van der Waals surface area contributed by atoms with Crippen molar-refractivity contribution >= 4 is 22.5 Å². The average Bonchev–Trinajstić information content (AvgIpc) is 3.06. The molecular formula is C28H28O5. The lowest BCUT2D eigenvalue weighted by atomic mass is 9.80. The largest absolute Gasteiger partial charge is 0.512 e. The number of allylic oxidation sites excluding steroid dienone is 1. The highest BCUT2D eigenvalue weighted by molar-refractivity contribution is 5.95. The maximum absolute atomic E-state index is 13.2. The number of rotatable bonds is 7. The smallest absolute Gasteiger partial charge is 0.303 e. The number of carbonyl (C=O) groups excluding carboxylic acids is 2. The van der Waals surface area contributed by atoms with Crippen LogP contribution >= 0.6 is 0 Å². The van der Waals surface area contributed by atoms with E-state index >= 15 is 0 Å². The van der Waals surface area contributed by atoms with Gasteiger partial charge in [0.1, 0.15) is 0 Å². The molecule has 1 aliphatic carbocycles. The van der Waals surface area contributed by atoms with Crippen molar-refractivity contribution in [3.05, 3.63) is 95.8 Å². The zero-order valence-corrected chi connectivity index (χ0v) is 18.6. The number of aliphatic hydroxyl groups excluding tert-OH is 2. The monoisotopic (exact) mass is 444 g/mol. The average molecular weight is 445 g/mol. The van der Waals surface area contributed by atoms with Crippen LogP contribution in [0.1, 0.15) is 37.3 Å². The molecule has 1 fully saturated rings. The van der Waals surface area contributed by atoms with Gasteiger partial charge in [0.2, 0.25) is 5.60 Å². The van der Waals surface area contributed by atoms with Crippen molar-refractivity contribution in [1.29, 1.82) is 0 Å². The Bertz CT molecular complexity index is 1180. The summed E-state index contributed by atoms with van der Waals surface area (Å²) in [6, 6.07) is 23.1. The molecule has 5 nitrogen and oxygen atoms in total. The van der Waals surface area contributed by atoms with E-state index < -0.39 is 29.4 Å². The molecule has 0 saturated heterocycles. The molecule has 5 heteroatoms. The molecule has 33 heavy (non-hydrogen) atoms. The minimum Gasteiger partial charge on any atom is -0.512 e. The highest BCUT2D eigenvalue weighted by atomic mass is 16.6. The molecular weight excluding hydrogens is 416 g/mol. The number of ketones is 1. The van der Waals surface area contributed by atoms with Crippen LogP contribution in [0.4, 0.5) is 0 Å². The Kier molecular flexibility index (Phi) is 6.61. The number of aliphatic hydroxyl groups is 2. The molecule has 3 aromatic rings. The highest BCUT2D eigenvalue weighted by Crippen LogP contribution is 2.48. The summed E-state index contributed by atoms with van der Waals surface area (Å²) in [6.45, 7) is 1.23. The lowest BCUT2D eigenvalue weighted by Gasteiger charge is -2.34. The van der Waals surface area contributed by atoms with Gasteiger partial charge in [-0.25, -0.2) is 0 Å². The van der Waals surface area contributed by atoms with E-state index in [0.29, 0.717) is 12.0 Å². The number of hydrogen-bond acceptors (Lipinski definition) is 5. The van der Waals surface area contributed by atoms with Crippen molar-refractivity contribution < 1.29 is 24.5 Å². The minimum absolute atomic E-state index is 0.129. The lowest BCUT2D eigenvalue weighted by molar-refractivity contribution is -0.170. The second-order valence-corrected chi connectivity index (χ2v) is 8.57. The molecule has 1 saturated carbocycles. The molecule has 0 amide bonds. The van der Waals surface area contributed by atoms with Gasteiger partial charge in [-0.05, 0) is 47.7 Å². The summed E-state index contributed by atoms with van der Waals surface area (Å²) in [7, 11) is 0. The summed E-state index contributed by atoms with van der Waals surface area (Å²) >= 11 is 0. The van der Waals surface area contributed by atoms with Crippen LogP contribution in [0.25, 0.3) is 10.8 Å². The van der Waals surface area contributed by atoms with Gasteiger partial charge in [0.05, 0.1) is 17.8 Å². The van der Waals surface area contributed by atoms with E-state index in [9.17, 15) is 19.8 Å². The molecule has 3 unspecified atom stereocenters. The Balaban J connectivity index is 1.67. The molecule has 0 heterocycles. The predicted octanol–water partition coefficient (Wildman–Crippen LogP) is 5.01. The summed E-state index contributed by atoms with van der Waals surface area (Å²) in [4.78, 5) is 25.4. The number of carbonyl (C=O) groups is 2. The van der Waals surface area contributed by atoms with Crippen LogP contribution in [0.15, 0.2) is 84.6 Å². The molecule has 0 aliphatic heterocycles. The minimum atomic E-state index is -1.77. The van der Waals surface area contributed by atoms with E-state index in [1.165, 1.54) is 12.5 Å². The number of ether oxygens (including phenoxy) is 1. The van der Waals surface area contributed by atoms with E-state index in [1.54, 1.807) is 18.2 Å². The third-order valence-electron chi connectivity index (χ3n) is 6.30. The van der Waals surface area contributed by atoms with Crippen LogP contribution < -0.4 is 0 Å². The van der Waals surface area contributed by atoms with Crippen LogP contribution in [0.2, 0.25) is 0 Å². The van der Waals surface area contributed by atoms with Crippen molar-refractivity contribution in [2.24, 2.45) is 5.92 Å². The molecule has 2 N–H and O–H groups in total. The first-order valence-electron chi connectivity index (χ1n) is 11.2. The molecule has 3 atom stereocenters. The van der Waals surface area contributed by atoms with Crippen LogP contribution in [-0.2, 0) is 26.3 Å². The van der Waals surface area contributed by atoms with E-state index in [2.05, 4.69) is 12.1 Å². The highest BCUT2D eigenvalue weighted by Gasteiger charge is 2.60. The zero-order chi connectivity index (χ0) is 23.4. The second kappa shape index (κ2) is 9.59. The van der Waals surface area contributed by atoms with Gasteiger partial charge in [0.15, 0.2) is 5.78 Å². The standard InChI is InChI=1S/C28H28O5/c1-19(29)33-28(23-16-15-21-12-6-7-13-22(21)17-23)26(32)18-25(31)27(28)24(30)14-8-5-11-20-9-3-2-4-10-20/h2-4,6-7,9-10,12-17,25,27,30-31H,5,8,11,18H2,1H3/b24-14-. The summed E-state index contributed by atoms with van der Waals surface area (Å²) in [6.07, 6.45) is 2.47. The molecule has 0 spiro atoms. The van der Waals surface area contributed by atoms with Crippen molar-refractivity contribution in [3.63, 3.8) is 0 Å². The first-order chi connectivity index (χ1) is 15.9. The van der Waals surface area contributed by atoms with E-state index in [-0.39, 0.29) is 12.2 Å². The van der Waals surface area contributed by atoms with Gasteiger partial charge in [-0.15, -0.1) is 0 Å². The van der Waals surface area contributed by atoms with Crippen LogP contribution in [0, 0.1) is 5.92 Å².